The first kappa shape index (κ1) is 14.3. The van der Waals surface area contributed by atoms with Gasteiger partial charge in [0.25, 0.3) is 0 Å². The molecule has 2 aromatic rings. The number of aromatic nitrogens is 1. The summed E-state index contributed by atoms with van der Waals surface area (Å²) in [6.45, 7) is 2.70. The van der Waals surface area contributed by atoms with E-state index < -0.39 is 5.97 Å². The zero-order valence-electron chi connectivity index (χ0n) is 11.1. The summed E-state index contributed by atoms with van der Waals surface area (Å²) in [5.41, 5.74) is 2.52. The Kier molecular flexibility index (Phi) is 4.58. The predicted octanol–water partition coefficient (Wildman–Crippen LogP) is 3.61. The summed E-state index contributed by atoms with van der Waals surface area (Å²) in [6.07, 6.45) is 2.25. The largest absolute Gasteiger partial charge is 0.478 e. The number of aryl methyl sites for hydroxylation is 1. The van der Waals surface area contributed by atoms with E-state index in [1.54, 1.807) is 0 Å². The number of carbonyl (C=O) groups is 1. The van der Waals surface area contributed by atoms with Crippen LogP contribution in [0.15, 0.2) is 36.5 Å². The van der Waals surface area contributed by atoms with Crippen molar-refractivity contribution in [1.82, 2.24) is 4.98 Å². The highest BCUT2D eigenvalue weighted by molar-refractivity contribution is 6.33. The van der Waals surface area contributed by atoms with Crippen molar-refractivity contribution in [1.29, 1.82) is 0 Å². The maximum absolute atomic E-state index is 10.8. The second kappa shape index (κ2) is 6.39. The molecule has 1 heterocycles. The van der Waals surface area contributed by atoms with Gasteiger partial charge in [-0.1, -0.05) is 42.8 Å². The first-order chi connectivity index (χ1) is 9.61. The number of nitrogens with zero attached hydrogens (tertiary/aromatic N) is 1. The first-order valence-electron chi connectivity index (χ1n) is 6.31. The molecular formula is C15H15ClN2O2. The summed E-state index contributed by atoms with van der Waals surface area (Å²) in [5.74, 6) is -0.551. The predicted molar refractivity (Wildman–Crippen MR) is 79.4 cm³/mol. The highest BCUT2D eigenvalue weighted by atomic mass is 35.5. The van der Waals surface area contributed by atoms with Gasteiger partial charge in [-0.05, 0) is 23.6 Å². The van der Waals surface area contributed by atoms with E-state index in [0.717, 1.165) is 6.42 Å². The van der Waals surface area contributed by atoms with Gasteiger partial charge in [-0.2, -0.15) is 0 Å². The minimum atomic E-state index is -1.04. The van der Waals surface area contributed by atoms with Crippen molar-refractivity contribution >= 4 is 23.4 Å². The second-order valence-electron chi connectivity index (χ2n) is 4.34. The van der Waals surface area contributed by atoms with Crippen LogP contribution in [0.2, 0.25) is 5.02 Å². The van der Waals surface area contributed by atoms with Crippen molar-refractivity contribution in [2.24, 2.45) is 0 Å². The molecule has 0 aliphatic rings. The Labute approximate surface area is 122 Å². The minimum Gasteiger partial charge on any atom is -0.478 e. The molecule has 0 saturated heterocycles. The highest BCUT2D eigenvalue weighted by Crippen LogP contribution is 2.21. The number of carboxylic acid groups (broad SMARTS) is 1. The third-order valence-electron chi connectivity index (χ3n) is 3.03. The lowest BCUT2D eigenvalue weighted by Gasteiger charge is -2.11. The number of halogens is 1. The lowest BCUT2D eigenvalue weighted by molar-refractivity contribution is 0.0696. The summed E-state index contributed by atoms with van der Waals surface area (Å²) in [4.78, 5) is 14.9. The van der Waals surface area contributed by atoms with Crippen LogP contribution in [0.5, 0.6) is 0 Å². The molecule has 0 bridgehead atoms. The molecule has 4 nitrogen and oxygen atoms in total. The molecule has 2 N–H and O–H groups in total. The standard InChI is InChI=1S/C15H15ClN2O2/c1-2-10-5-3-4-6-11(10)8-17-14-13(16)7-12(9-18-14)15(19)20/h3-7,9H,2,8H2,1H3,(H,17,18)(H,19,20). The summed E-state index contributed by atoms with van der Waals surface area (Å²) in [5, 5.41) is 12.3. The fourth-order valence-electron chi connectivity index (χ4n) is 1.94. The van der Waals surface area contributed by atoms with Crippen LogP contribution in [0.1, 0.15) is 28.4 Å². The summed E-state index contributed by atoms with van der Waals surface area (Å²) >= 11 is 6.03. The molecular weight excluding hydrogens is 276 g/mol. The van der Waals surface area contributed by atoms with Crippen molar-refractivity contribution < 1.29 is 9.90 Å². The molecule has 5 heteroatoms. The Morgan fingerprint density at radius 3 is 2.65 bits per heavy atom. The average Bonchev–Trinajstić information content (AvgIpc) is 2.46. The van der Waals surface area contributed by atoms with E-state index in [2.05, 4.69) is 23.3 Å². The molecule has 0 aliphatic carbocycles. The number of hydrogen-bond donors (Lipinski definition) is 2. The van der Waals surface area contributed by atoms with E-state index in [1.807, 2.05) is 18.2 Å². The van der Waals surface area contributed by atoms with Crippen LogP contribution in [0.25, 0.3) is 0 Å². The van der Waals surface area contributed by atoms with Gasteiger partial charge in [0.2, 0.25) is 0 Å². The van der Waals surface area contributed by atoms with Gasteiger partial charge >= 0.3 is 5.97 Å². The maximum atomic E-state index is 10.8. The molecule has 2 rings (SSSR count). The van der Waals surface area contributed by atoms with Crippen LogP contribution in [0.3, 0.4) is 0 Å². The Morgan fingerprint density at radius 2 is 2.05 bits per heavy atom. The van der Waals surface area contributed by atoms with Crippen LogP contribution in [-0.2, 0) is 13.0 Å². The van der Waals surface area contributed by atoms with Crippen LogP contribution < -0.4 is 5.32 Å². The Bertz CT molecular complexity index is 629. The molecule has 20 heavy (non-hydrogen) atoms. The van der Waals surface area contributed by atoms with Crippen molar-refractivity contribution in [3.8, 4) is 0 Å². The average molecular weight is 291 g/mol. The summed E-state index contributed by atoms with van der Waals surface area (Å²) < 4.78 is 0. The molecule has 1 aromatic heterocycles. The van der Waals surface area contributed by atoms with Crippen molar-refractivity contribution in [3.05, 3.63) is 58.2 Å². The number of anilines is 1. The molecule has 0 aliphatic heterocycles. The van der Waals surface area contributed by atoms with E-state index in [0.29, 0.717) is 17.4 Å². The molecule has 0 spiro atoms. The number of rotatable bonds is 5. The molecule has 1 aromatic carbocycles. The smallest absolute Gasteiger partial charge is 0.337 e. The van der Waals surface area contributed by atoms with E-state index >= 15 is 0 Å². The van der Waals surface area contributed by atoms with Gasteiger partial charge in [-0.3, -0.25) is 0 Å². The Hall–Kier alpha value is -2.07. The number of aromatic carboxylic acids is 1. The minimum absolute atomic E-state index is 0.0782. The van der Waals surface area contributed by atoms with Crippen LogP contribution >= 0.6 is 11.6 Å². The van der Waals surface area contributed by atoms with Crippen LogP contribution in [0, 0.1) is 0 Å². The second-order valence-corrected chi connectivity index (χ2v) is 4.74. The molecule has 0 fully saturated rings. The Balaban J connectivity index is 2.13. The lowest BCUT2D eigenvalue weighted by atomic mass is 10.1. The van der Waals surface area contributed by atoms with Crippen molar-refractivity contribution in [2.45, 2.75) is 19.9 Å². The van der Waals surface area contributed by atoms with Gasteiger partial charge in [-0.15, -0.1) is 0 Å². The number of carboxylic acids is 1. The van der Waals surface area contributed by atoms with Gasteiger partial charge in [0.15, 0.2) is 0 Å². The maximum Gasteiger partial charge on any atom is 0.337 e. The van der Waals surface area contributed by atoms with Crippen LogP contribution in [0.4, 0.5) is 5.82 Å². The zero-order chi connectivity index (χ0) is 14.5. The number of nitrogens with one attached hydrogen (secondary N) is 1. The Morgan fingerprint density at radius 1 is 1.35 bits per heavy atom. The topological polar surface area (TPSA) is 62.2 Å². The fourth-order valence-corrected chi connectivity index (χ4v) is 2.17. The van der Waals surface area contributed by atoms with Gasteiger partial charge in [0, 0.05) is 12.7 Å². The van der Waals surface area contributed by atoms with Gasteiger partial charge in [-0.25, -0.2) is 9.78 Å². The third-order valence-corrected chi connectivity index (χ3v) is 3.32. The van der Waals surface area contributed by atoms with Gasteiger partial charge in [0.1, 0.15) is 5.82 Å². The normalized spacial score (nSPS) is 10.3. The number of hydrogen-bond acceptors (Lipinski definition) is 3. The molecule has 0 atom stereocenters. The molecule has 104 valence electrons. The monoisotopic (exact) mass is 290 g/mol. The van der Waals surface area contributed by atoms with Crippen molar-refractivity contribution in [3.63, 3.8) is 0 Å². The highest BCUT2D eigenvalue weighted by Gasteiger charge is 2.08. The van der Waals surface area contributed by atoms with E-state index in [9.17, 15) is 4.79 Å². The van der Waals surface area contributed by atoms with E-state index in [4.69, 9.17) is 16.7 Å². The fraction of sp³-hybridized carbons (Fsp3) is 0.200. The van der Waals surface area contributed by atoms with E-state index in [1.165, 1.54) is 23.4 Å². The number of benzene rings is 1. The van der Waals surface area contributed by atoms with Gasteiger partial charge in [0.05, 0.1) is 10.6 Å². The zero-order valence-corrected chi connectivity index (χ0v) is 11.8. The molecule has 0 amide bonds. The van der Waals surface area contributed by atoms with Crippen molar-refractivity contribution in [2.75, 3.05) is 5.32 Å². The SMILES string of the molecule is CCc1ccccc1CNc1ncc(C(=O)O)cc1Cl. The quantitative estimate of drug-likeness (QED) is 0.883. The van der Waals surface area contributed by atoms with Gasteiger partial charge < -0.3 is 10.4 Å². The number of pyridine rings is 1. The third kappa shape index (κ3) is 3.27. The summed E-state index contributed by atoms with van der Waals surface area (Å²) in [6, 6.07) is 9.52. The van der Waals surface area contributed by atoms with E-state index in [-0.39, 0.29) is 5.56 Å². The van der Waals surface area contributed by atoms with Crippen LogP contribution in [-0.4, -0.2) is 16.1 Å². The first-order valence-corrected chi connectivity index (χ1v) is 6.69. The molecule has 0 unspecified atom stereocenters. The molecule has 0 saturated carbocycles. The summed E-state index contributed by atoms with van der Waals surface area (Å²) in [7, 11) is 0. The lowest BCUT2D eigenvalue weighted by Crippen LogP contribution is -2.06. The molecule has 0 radical (unpaired) electrons.